The molecule has 0 unspecified atom stereocenters. The van der Waals surface area contributed by atoms with Crippen LogP contribution >= 0.6 is 0 Å². The van der Waals surface area contributed by atoms with E-state index in [0.29, 0.717) is 29.3 Å². The lowest BCUT2D eigenvalue weighted by Gasteiger charge is -2.22. The highest BCUT2D eigenvalue weighted by molar-refractivity contribution is 6.04. The Hall–Kier alpha value is -2.54. The van der Waals surface area contributed by atoms with Crippen LogP contribution in [0.5, 0.6) is 11.5 Å². The Bertz CT molecular complexity index is 737. The number of nitrogens with zero attached hydrogens (tertiary/aromatic N) is 2. The highest BCUT2D eigenvalue weighted by Crippen LogP contribution is 2.32. The largest absolute Gasteiger partial charge is 0.454 e. The third kappa shape index (κ3) is 3.21. The topological polar surface area (TPSA) is 74.6 Å². The van der Waals surface area contributed by atoms with Crippen LogP contribution in [0.25, 0.3) is 0 Å². The van der Waals surface area contributed by atoms with Crippen molar-refractivity contribution in [2.75, 3.05) is 18.7 Å². The molecule has 0 spiro atoms. The first-order chi connectivity index (χ1) is 11.8. The summed E-state index contributed by atoms with van der Waals surface area (Å²) in [6.45, 7) is 1.72. The summed E-state index contributed by atoms with van der Waals surface area (Å²) in [7, 11) is 0. The van der Waals surface area contributed by atoms with Gasteiger partial charge in [-0.15, -0.1) is 0 Å². The van der Waals surface area contributed by atoms with E-state index in [0.717, 1.165) is 19.4 Å². The van der Waals surface area contributed by atoms with E-state index in [-0.39, 0.29) is 18.8 Å². The lowest BCUT2D eigenvalue weighted by molar-refractivity contribution is 0.00400. The zero-order valence-corrected chi connectivity index (χ0v) is 13.2. The van der Waals surface area contributed by atoms with Crippen LogP contribution in [-0.4, -0.2) is 35.2 Å². The molecule has 2 aliphatic rings. The first-order valence-electron chi connectivity index (χ1n) is 8.13. The molecule has 7 heteroatoms. The summed E-state index contributed by atoms with van der Waals surface area (Å²) < 4.78 is 18.1. The minimum absolute atomic E-state index is 0.191. The van der Waals surface area contributed by atoms with Gasteiger partial charge in [0.15, 0.2) is 11.5 Å². The molecule has 1 aromatic heterocycles. The molecule has 4 rings (SSSR count). The Labute approximate surface area is 139 Å². The molecule has 1 saturated heterocycles. The molecule has 2 aromatic rings. The molecule has 2 aliphatic heterocycles. The third-order valence-corrected chi connectivity index (χ3v) is 4.19. The Kier molecular flexibility index (Phi) is 4.08. The molecule has 1 N–H and O–H groups in total. The summed E-state index contributed by atoms with van der Waals surface area (Å²) in [4.78, 5) is 12.3. The number of amides is 1. The van der Waals surface area contributed by atoms with Gasteiger partial charge in [-0.1, -0.05) is 0 Å². The second kappa shape index (κ2) is 6.52. The number of aromatic nitrogens is 2. The predicted octanol–water partition coefficient (Wildman–Crippen LogP) is 2.43. The standard InChI is InChI=1S/C17H19N3O4/c21-17(12-4-5-15-16(7-12)24-11-23-15)19-13-8-18-20(9-13)10-14-3-1-2-6-22-14/h4-5,7-9,14H,1-3,6,10-11H2,(H,19,21)/t14-/m0/s1. The van der Waals surface area contributed by atoms with Gasteiger partial charge in [0.05, 0.1) is 24.5 Å². The maximum absolute atomic E-state index is 12.3. The summed E-state index contributed by atoms with van der Waals surface area (Å²) >= 11 is 0. The zero-order chi connectivity index (χ0) is 16.4. The van der Waals surface area contributed by atoms with Crippen LogP contribution in [-0.2, 0) is 11.3 Å². The van der Waals surface area contributed by atoms with Gasteiger partial charge in [-0.25, -0.2) is 0 Å². The number of rotatable bonds is 4. The third-order valence-electron chi connectivity index (χ3n) is 4.19. The smallest absolute Gasteiger partial charge is 0.255 e. The molecule has 1 amide bonds. The minimum atomic E-state index is -0.207. The van der Waals surface area contributed by atoms with Gasteiger partial charge in [0.25, 0.3) is 5.91 Å². The van der Waals surface area contributed by atoms with Gasteiger partial charge < -0.3 is 19.5 Å². The summed E-state index contributed by atoms with van der Waals surface area (Å²) in [5.74, 6) is 1.04. The molecule has 1 fully saturated rings. The maximum atomic E-state index is 12.3. The van der Waals surface area contributed by atoms with Gasteiger partial charge in [-0.2, -0.15) is 5.10 Å². The number of nitrogens with one attached hydrogen (secondary N) is 1. The Balaban J connectivity index is 1.39. The minimum Gasteiger partial charge on any atom is -0.454 e. The van der Waals surface area contributed by atoms with Crippen molar-refractivity contribution in [2.24, 2.45) is 0 Å². The molecule has 1 aromatic carbocycles. The Morgan fingerprint density at radius 2 is 2.21 bits per heavy atom. The van der Waals surface area contributed by atoms with Crippen molar-refractivity contribution in [3.63, 3.8) is 0 Å². The van der Waals surface area contributed by atoms with Gasteiger partial charge in [0.1, 0.15) is 0 Å². The zero-order valence-electron chi connectivity index (χ0n) is 13.2. The fourth-order valence-corrected chi connectivity index (χ4v) is 2.93. The fraction of sp³-hybridized carbons (Fsp3) is 0.412. The van der Waals surface area contributed by atoms with Crippen molar-refractivity contribution in [2.45, 2.75) is 31.9 Å². The van der Waals surface area contributed by atoms with Crippen LogP contribution in [0, 0.1) is 0 Å². The van der Waals surface area contributed by atoms with Gasteiger partial charge in [0, 0.05) is 18.4 Å². The highest BCUT2D eigenvalue weighted by Gasteiger charge is 2.17. The van der Waals surface area contributed by atoms with E-state index in [1.165, 1.54) is 6.42 Å². The van der Waals surface area contributed by atoms with Crippen LogP contribution < -0.4 is 14.8 Å². The lowest BCUT2D eigenvalue weighted by Crippen LogP contribution is -2.24. The molecular formula is C17H19N3O4. The fourth-order valence-electron chi connectivity index (χ4n) is 2.93. The number of hydrogen-bond donors (Lipinski definition) is 1. The summed E-state index contributed by atoms with van der Waals surface area (Å²) in [6.07, 6.45) is 7.05. The van der Waals surface area contributed by atoms with Crippen molar-refractivity contribution in [1.82, 2.24) is 9.78 Å². The molecule has 0 radical (unpaired) electrons. The first kappa shape index (κ1) is 15.0. The number of ether oxygens (including phenoxy) is 3. The summed E-state index contributed by atoms with van der Waals surface area (Å²) in [5, 5.41) is 7.14. The van der Waals surface area contributed by atoms with E-state index in [2.05, 4.69) is 10.4 Å². The van der Waals surface area contributed by atoms with Gasteiger partial charge in [0.2, 0.25) is 6.79 Å². The van der Waals surface area contributed by atoms with E-state index in [1.807, 2.05) is 10.9 Å². The number of carbonyl (C=O) groups excluding carboxylic acids is 1. The number of fused-ring (bicyclic) bond motifs is 1. The number of benzene rings is 1. The van der Waals surface area contributed by atoms with Crippen molar-refractivity contribution in [1.29, 1.82) is 0 Å². The number of hydrogen-bond acceptors (Lipinski definition) is 5. The molecule has 7 nitrogen and oxygen atoms in total. The first-order valence-corrected chi connectivity index (χ1v) is 8.13. The SMILES string of the molecule is O=C(Nc1cnn(C[C@@H]2CCCCO2)c1)c1ccc2c(c1)OCO2. The van der Waals surface area contributed by atoms with Crippen molar-refractivity contribution in [3.05, 3.63) is 36.2 Å². The second-order valence-electron chi connectivity index (χ2n) is 5.96. The highest BCUT2D eigenvalue weighted by atomic mass is 16.7. The van der Waals surface area contributed by atoms with Crippen LogP contribution in [0.4, 0.5) is 5.69 Å². The molecule has 24 heavy (non-hydrogen) atoms. The Morgan fingerprint density at radius 3 is 3.08 bits per heavy atom. The van der Waals surface area contributed by atoms with Gasteiger partial charge in [-0.05, 0) is 37.5 Å². The van der Waals surface area contributed by atoms with E-state index < -0.39 is 0 Å². The molecule has 126 valence electrons. The Morgan fingerprint density at radius 1 is 1.29 bits per heavy atom. The molecule has 0 aliphatic carbocycles. The van der Waals surface area contributed by atoms with Crippen LogP contribution in [0.1, 0.15) is 29.6 Å². The van der Waals surface area contributed by atoms with Gasteiger partial charge >= 0.3 is 0 Å². The molecule has 0 bridgehead atoms. The van der Waals surface area contributed by atoms with E-state index in [4.69, 9.17) is 14.2 Å². The molecule has 1 atom stereocenters. The van der Waals surface area contributed by atoms with E-state index >= 15 is 0 Å². The lowest BCUT2D eigenvalue weighted by atomic mass is 10.1. The normalized spacial score (nSPS) is 19.2. The second-order valence-corrected chi connectivity index (χ2v) is 5.96. The number of anilines is 1. The van der Waals surface area contributed by atoms with E-state index in [9.17, 15) is 4.79 Å². The average Bonchev–Trinajstić information content (AvgIpc) is 3.24. The van der Waals surface area contributed by atoms with E-state index in [1.54, 1.807) is 24.4 Å². The summed E-state index contributed by atoms with van der Waals surface area (Å²) in [5.41, 5.74) is 1.18. The van der Waals surface area contributed by atoms with Crippen molar-refractivity contribution < 1.29 is 19.0 Å². The van der Waals surface area contributed by atoms with Crippen molar-refractivity contribution in [3.8, 4) is 11.5 Å². The summed E-state index contributed by atoms with van der Waals surface area (Å²) in [6, 6.07) is 5.13. The average molecular weight is 329 g/mol. The monoisotopic (exact) mass is 329 g/mol. The van der Waals surface area contributed by atoms with Gasteiger partial charge in [-0.3, -0.25) is 9.48 Å². The van der Waals surface area contributed by atoms with Crippen LogP contribution in [0.3, 0.4) is 0 Å². The van der Waals surface area contributed by atoms with Crippen molar-refractivity contribution >= 4 is 11.6 Å². The molecule has 3 heterocycles. The quantitative estimate of drug-likeness (QED) is 0.932. The predicted molar refractivity (Wildman–Crippen MR) is 86.3 cm³/mol. The molecule has 0 saturated carbocycles. The van der Waals surface area contributed by atoms with Crippen LogP contribution in [0.15, 0.2) is 30.6 Å². The van der Waals surface area contributed by atoms with Crippen LogP contribution in [0.2, 0.25) is 0 Å². The molecular weight excluding hydrogens is 310 g/mol. The number of carbonyl (C=O) groups is 1. The maximum Gasteiger partial charge on any atom is 0.255 e.